The van der Waals surface area contributed by atoms with Gasteiger partial charge in [0.05, 0.1) is 12.1 Å². The molecule has 1 unspecified atom stereocenters. The van der Waals surface area contributed by atoms with Crippen LogP contribution in [0.1, 0.15) is 24.6 Å². The normalized spacial score (nSPS) is 17.6. The van der Waals surface area contributed by atoms with Crippen LogP contribution in [0, 0.1) is 5.92 Å². The molecular formula is C13H18N2O3S. The van der Waals surface area contributed by atoms with E-state index in [1.54, 1.807) is 6.92 Å². The van der Waals surface area contributed by atoms with Gasteiger partial charge in [-0.25, -0.2) is 0 Å². The van der Waals surface area contributed by atoms with E-state index in [-0.39, 0.29) is 12.5 Å². The molecule has 1 aromatic heterocycles. The van der Waals surface area contributed by atoms with E-state index in [1.165, 1.54) is 11.3 Å². The molecule has 2 rings (SSSR count). The number of hydrogen-bond donors (Lipinski definition) is 3. The number of carbonyl (C=O) groups is 2. The van der Waals surface area contributed by atoms with Crippen molar-refractivity contribution in [1.29, 1.82) is 0 Å². The molecule has 104 valence electrons. The fourth-order valence-corrected chi connectivity index (χ4v) is 2.49. The van der Waals surface area contributed by atoms with Crippen molar-refractivity contribution in [2.75, 3.05) is 6.54 Å². The van der Waals surface area contributed by atoms with E-state index < -0.39 is 17.4 Å². The van der Waals surface area contributed by atoms with E-state index in [0.717, 1.165) is 17.7 Å². The third kappa shape index (κ3) is 4.04. The van der Waals surface area contributed by atoms with Crippen LogP contribution in [0.5, 0.6) is 0 Å². The Bertz CT molecular complexity index is 452. The minimum atomic E-state index is -0.913. The summed E-state index contributed by atoms with van der Waals surface area (Å²) < 4.78 is 0. The van der Waals surface area contributed by atoms with Crippen LogP contribution in [0.4, 0.5) is 0 Å². The molecule has 0 aliphatic heterocycles. The predicted molar refractivity (Wildman–Crippen MR) is 72.5 cm³/mol. The lowest BCUT2D eigenvalue weighted by Crippen LogP contribution is -2.47. The monoisotopic (exact) mass is 282 g/mol. The topological polar surface area (TPSA) is 78.4 Å². The quantitative estimate of drug-likeness (QED) is 0.694. The number of thiophene rings is 1. The molecule has 2 amide bonds. The first-order valence-electron chi connectivity index (χ1n) is 6.30. The molecule has 6 heteroatoms. The fraction of sp³-hybridized carbons (Fsp3) is 0.538. The largest absolute Gasteiger partial charge is 0.388 e. The van der Waals surface area contributed by atoms with E-state index in [9.17, 15) is 14.7 Å². The zero-order valence-corrected chi connectivity index (χ0v) is 11.6. The van der Waals surface area contributed by atoms with Crippen LogP contribution in [0.2, 0.25) is 0 Å². The summed E-state index contributed by atoms with van der Waals surface area (Å²) in [7, 11) is 0. The summed E-state index contributed by atoms with van der Waals surface area (Å²) in [5.74, 6) is -1.13. The summed E-state index contributed by atoms with van der Waals surface area (Å²) >= 11 is 1.52. The Balaban J connectivity index is 1.71. The number of rotatable bonds is 5. The van der Waals surface area contributed by atoms with E-state index in [4.69, 9.17) is 0 Å². The third-order valence-corrected chi connectivity index (χ3v) is 4.15. The smallest absolute Gasteiger partial charge is 0.309 e. The van der Waals surface area contributed by atoms with Crippen LogP contribution in [-0.2, 0) is 16.1 Å². The summed E-state index contributed by atoms with van der Waals surface area (Å²) in [6.45, 7) is 2.15. The molecule has 5 nitrogen and oxygen atoms in total. The van der Waals surface area contributed by atoms with Crippen molar-refractivity contribution in [3.8, 4) is 0 Å². The Morgan fingerprint density at radius 1 is 1.42 bits per heavy atom. The van der Waals surface area contributed by atoms with E-state index >= 15 is 0 Å². The number of nitrogens with one attached hydrogen (secondary N) is 2. The van der Waals surface area contributed by atoms with Crippen molar-refractivity contribution in [2.24, 2.45) is 5.92 Å². The molecule has 1 fully saturated rings. The lowest BCUT2D eigenvalue weighted by molar-refractivity contribution is -0.139. The molecule has 1 saturated carbocycles. The van der Waals surface area contributed by atoms with Crippen molar-refractivity contribution in [1.82, 2.24) is 10.6 Å². The summed E-state index contributed by atoms with van der Waals surface area (Å²) in [5, 5.41) is 17.0. The molecule has 0 radical (unpaired) electrons. The molecule has 1 aromatic rings. The number of amides is 2. The minimum absolute atomic E-state index is 0.114. The molecule has 1 heterocycles. The Morgan fingerprint density at radius 2 is 2.11 bits per heavy atom. The lowest BCUT2D eigenvalue weighted by atomic mass is 10.0. The molecular weight excluding hydrogens is 264 g/mol. The van der Waals surface area contributed by atoms with Crippen molar-refractivity contribution in [2.45, 2.75) is 31.9 Å². The van der Waals surface area contributed by atoms with Gasteiger partial charge < -0.3 is 15.7 Å². The van der Waals surface area contributed by atoms with Gasteiger partial charge in [0.2, 0.25) is 0 Å². The second-order valence-electron chi connectivity index (χ2n) is 5.08. The Hall–Kier alpha value is -1.40. The molecule has 0 spiro atoms. The van der Waals surface area contributed by atoms with Gasteiger partial charge in [0.1, 0.15) is 0 Å². The molecule has 0 bridgehead atoms. The first-order chi connectivity index (χ1) is 8.99. The van der Waals surface area contributed by atoms with Crippen LogP contribution >= 0.6 is 11.3 Å². The van der Waals surface area contributed by atoms with Crippen LogP contribution in [0.15, 0.2) is 17.5 Å². The average molecular weight is 282 g/mol. The van der Waals surface area contributed by atoms with Gasteiger partial charge >= 0.3 is 11.8 Å². The van der Waals surface area contributed by atoms with E-state index in [0.29, 0.717) is 6.54 Å². The van der Waals surface area contributed by atoms with Gasteiger partial charge in [-0.1, -0.05) is 6.07 Å². The highest BCUT2D eigenvalue weighted by Gasteiger charge is 2.40. The van der Waals surface area contributed by atoms with Gasteiger partial charge in [-0.15, -0.1) is 11.3 Å². The van der Waals surface area contributed by atoms with Gasteiger partial charge in [-0.05, 0) is 37.1 Å². The maximum Gasteiger partial charge on any atom is 0.309 e. The molecule has 0 aromatic carbocycles. The van der Waals surface area contributed by atoms with Crippen molar-refractivity contribution in [3.05, 3.63) is 22.4 Å². The van der Waals surface area contributed by atoms with Crippen LogP contribution in [0.25, 0.3) is 0 Å². The predicted octanol–water partition coefficient (Wildman–Crippen LogP) is 0.641. The van der Waals surface area contributed by atoms with Crippen LogP contribution in [0.3, 0.4) is 0 Å². The maximum atomic E-state index is 11.6. The summed E-state index contributed by atoms with van der Waals surface area (Å²) in [4.78, 5) is 24.1. The zero-order chi connectivity index (χ0) is 13.9. The van der Waals surface area contributed by atoms with Gasteiger partial charge in [-0.3, -0.25) is 9.59 Å². The van der Waals surface area contributed by atoms with Gasteiger partial charge in [0.15, 0.2) is 0 Å². The molecule has 1 atom stereocenters. The highest BCUT2D eigenvalue weighted by atomic mass is 32.1. The highest BCUT2D eigenvalue weighted by Crippen LogP contribution is 2.38. The van der Waals surface area contributed by atoms with E-state index in [2.05, 4.69) is 10.6 Å². The SMILES string of the molecule is CC(O)(CNC(=O)C(=O)NCc1cccs1)C1CC1. The maximum absolute atomic E-state index is 11.6. The number of carbonyl (C=O) groups excluding carboxylic acids is 2. The van der Waals surface area contributed by atoms with Crippen molar-refractivity contribution >= 4 is 23.2 Å². The Labute approximate surface area is 116 Å². The minimum Gasteiger partial charge on any atom is -0.388 e. The second-order valence-corrected chi connectivity index (χ2v) is 6.11. The first kappa shape index (κ1) is 14.0. The number of hydrogen-bond acceptors (Lipinski definition) is 4. The fourth-order valence-electron chi connectivity index (χ4n) is 1.85. The first-order valence-corrected chi connectivity index (χ1v) is 7.18. The highest BCUT2D eigenvalue weighted by molar-refractivity contribution is 7.09. The zero-order valence-electron chi connectivity index (χ0n) is 10.8. The summed E-state index contributed by atoms with van der Waals surface area (Å²) in [6.07, 6.45) is 1.96. The van der Waals surface area contributed by atoms with Gasteiger partial charge in [0.25, 0.3) is 0 Å². The standard InChI is InChI=1S/C13H18N2O3S/c1-13(18,9-4-5-9)8-15-12(17)11(16)14-7-10-3-2-6-19-10/h2-3,6,9,18H,4-5,7-8H2,1H3,(H,14,16)(H,15,17). The van der Waals surface area contributed by atoms with Crippen LogP contribution < -0.4 is 10.6 Å². The van der Waals surface area contributed by atoms with Crippen LogP contribution in [-0.4, -0.2) is 29.1 Å². The van der Waals surface area contributed by atoms with Crippen molar-refractivity contribution < 1.29 is 14.7 Å². The summed E-state index contributed by atoms with van der Waals surface area (Å²) in [5.41, 5.74) is -0.913. The van der Waals surface area contributed by atoms with Gasteiger partial charge in [-0.2, -0.15) is 0 Å². The van der Waals surface area contributed by atoms with Gasteiger partial charge in [0, 0.05) is 11.4 Å². The number of aliphatic hydroxyl groups is 1. The second kappa shape index (κ2) is 5.71. The van der Waals surface area contributed by atoms with E-state index in [1.807, 2.05) is 17.5 Å². The molecule has 0 saturated heterocycles. The lowest BCUT2D eigenvalue weighted by Gasteiger charge is -2.22. The Kier molecular flexibility index (Phi) is 4.21. The molecule has 1 aliphatic carbocycles. The van der Waals surface area contributed by atoms with Crippen molar-refractivity contribution in [3.63, 3.8) is 0 Å². The molecule has 3 N–H and O–H groups in total. The Morgan fingerprint density at radius 3 is 2.68 bits per heavy atom. The third-order valence-electron chi connectivity index (χ3n) is 3.27. The average Bonchev–Trinajstić information content (AvgIpc) is 3.12. The summed E-state index contributed by atoms with van der Waals surface area (Å²) in [6, 6.07) is 3.78. The molecule has 19 heavy (non-hydrogen) atoms. The molecule has 1 aliphatic rings.